The van der Waals surface area contributed by atoms with Gasteiger partial charge >= 0.3 is 7.12 Å². The van der Waals surface area contributed by atoms with Crippen LogP contribution in [0.5, 0.6) is 0 Å². The van der Waals surface area contributed by atoms with Crippen molar-refractivity contribution in [2.75, 3.05) is 0 Å². The summed E-state index contributed by atoms with van der Waals surface area (Å²) in [4.78, 5) is 0. The second kappa shape index (κ2) is 14.1. The first-order chi connectivity index (χ1) is 18.0. The van der Waals surface area contributed by atoms with Gasteiger partial charge in [0.25, 0.3) is 0 Å². The summed E-state index contributed by atoms with van der Waals surface area (Å²) >= 11 is 2.97. The van der Waals surface area contributed by atoms with Crippen molar-refractivity contribution in [1.82, 2.24) is 0 Å². The van der Waals surface area contributed by atoms with Crippen molar-refractivity contribution >= 4 is 28.5 Å². The summed E-state index contributed by atoms with van der Waals surface area (Å²) in [7, 11) is -1.50. The third kappa shape index (κ3) is 8.57. The number of benzene rings is 4. The maximum absolute atomic E-state index is 13.4. The number of hydrogen-bond donors (Lipinski definition) is 2. The van der Waals surface area contributed by atoms with Crippen molar-refractivity contribution in [2.24, 2.45) is 0 Å². The van der Waals surface area contributed by atoms with E-state index in [9.17, 15) is 17.6 Å². The monoisotopic (exact) mass is 582 g/mol. The Kier molecular flexibility index (Phi) is 11.2. The Morgan fingerprint density at radius 1 is 0.658 bits per heavy atom. The molecule has 0 aliphatic carbocycles. The van der Waals surface area contributed by atoms with E-state index in [1.807, 2.05) is 12.1 Å². The fourth-order valence-electron chi connectivity index (χ4n) is 2.96. The largest absolute Gasteiger partial charge is 0.488 e. The maximum Gasteiger partial charge on any atom is 0.488 e. The minimum absolute atomic E-state index is 0.00480. The molecule has 0 radical (unpaired) electrons. The molecule has 0 fully saturated rings. The van der Waals surface area contributed by atoms with Gasteiger partial charge < -0.3 is 10.0 Å². The van der Waals surface area contributed by atoms with Crippen LogP contribution in [-0.2, 0) is 0 Å². The normalized spacial score (nSPS) is 9.66. The highest BCUT2D eigenvalue weighted by Gasteiger charge is 2.10. The molecule has 0 heterocycles. The van der Waals surface area contributed by atoms with Crippen molar-refractivity contribution in [3.8, 4) is 23.3 Å². The molecule has 0 bridgehead atoms. The van der Waals surface area contributed by atoms with Crippen molar-refractivity contribution in [3.63, 3.8) is 0 Å². The molecule has 2 N–H and O–H groups in total. The second-order valence-corrected chi connectivity index (χ2v) is 8.78. The third-order valence-corrected chi connectivity index (χ3v) is 5.62. The van der Waals surface area contributed by atoms with E-state index in [1.54, 1.807) is 42.5 Å². The van der Waals surface area contributed by atoms with Gasteiger partial charge in [0.2, 0.25) is 0 Å². The molecule has 4 nitrogen and oxygen atoms in total. The molecule has 0 saturated heterocycles. The molecule has 0 atom stereocenters. The topological polar surface area (TPSA) is 88.0 Å². The first kappa shape index (κ1) is 30.3. The minimum Gasteiger partial charge on any atom is -0.423 e. The predicted molar refractivity (Wildman–Crippen MR) is 141 cm³/mol. The molecule has 10 heteroatoms. The standard InChI is InChI=1S/C14H9F2N.C7H6BNO2.C7H5BrF2/c1-9-13(15)6-12(7-14(9)16)11-4-2-3-10(5-11)8-17;9-5-6-2-1-3-7(4-6)8(10)11;1-4-6(9)2-5(8)3-7(4)10/h2-7H,1H3;1-4,10-11H;2-3H,1H3. The van der Waals surface area contributed by atoms with Gasteiger partial charge in [0.1, 0.15) is 23.3 Å². The van der Waals surface area contributed by atoms with Crippen molar-refractivity contribution in [3.05, 3.63) is 123 Å². The van der Waals surface area contributed by atoms with E-state index in [0.29, 0.717) is 32.2 Å². The van der Waals surface area contributed by atoms with E-state index in [2.05, 4.69) is 15.9 Å². The second-order valence-electron chi connectivity index (χ2n) is 7.86. The highest BCUT2D eigenvalue weighted by atomic mass is 79.9. The fourth-order valence-corrected chi connectivity index (χ4v) is 3.37. The lowest BCUT2D eigenvalue weighted by molar-refractivity contribution is 0.426. The van der Waals surface area contributed by atoms with Crippen LogP contribution in [0.2, 0.25) is 0 Å². The Balaban J connectivity index is 0.000000211. The fraction of sp³-hybridized carbons (Fsp3) is 0.0714. The lowest BCUT2D eigenvalue weighted by atomic mass is 9.80. The molecule has 0 unspecified atom stereocenters. The van der Waals surface area contributed by atoms with Crippen molar-refractivity contribution in [1.29, 1.82) is 10.5 Å². The van der Waals surface area contributed by atoms with Crippen LogP contribution in [0.25, 0.3) is 11.1 Å². The predicted octanol–water partition coefficient (Wildman–Crippen LogP) is 6.09. The van der Waals surface area contributed by atoms with Crippen LogP contribution >= 0.6 is 15.9 Å². The van der Waals surface area contributed by atoms with Crippen LogP contribution in [0.1, 0.15) is 22.3 Å². The number of rotatable bonds is 2. The average molecular weight is 583 g/mol. The highest BCUT2D eigenvalue weighted by molar-refractivity contribution is 9.10. The van der Waals surface area contributed by atoms with Gasteiger partial charge in [-0.3, -0.25) is 0 Å². The first-order valence-electron chi connectivity index (χ1n) is 10.9. The Bertz CT molecular complexity index is 1470. The molecule has 0 aliphatic rings. The van der Waals surface area contributed by atoms with Gasteiger partial charge in [0, 0.05) is 15.6 Å². The quantitative estimate of drug-likeness (QED) is 0.221. The number of nitrogens with zero attached hydrogens (tertiary/aromatic N) is 2. The maximum atomic E-state index is 13.4. The molecule has 0 amide bonds. The summed E-state index contributed by atoms with van der Waals surface area (Å²) in [5, 5.41) is 34.6. The molecule has 4 aromatic carbocycles. The van der Waals surface area contributed by atoms with Crippen LogP contribution in [0.15, 0.2) is 77.3 Å². The molecule has 4 rings (SSSR count). The van der Waals surface area contributed by atoms with E-state index < -0.39 is 30.4 Å². The van der Waals surface area contributed by atoms with Gasteiger partial charge in [-0.1, -0.05) is 40.2 Å². The molecule has 38 heavy (non-hydrogen) atoms. The molecule has 0 aliphatic heterocycles. The number of nitriles is 2. The molecule has 192 valence electrons. The minimum atomic E-state index is -1.50. The summed E-state index contributed by atoms with van der Waals surface area (Å²) in [5.74, 6) is -2.21. The summed E-state index contributed by atoms with van der Waals surface area (Å²) in [6.45, 7) is 2.79. The summed E-state index contributed by atoms with van der Waals surface area (Å²) < 4.78 is 52.4. The average Bonchev–Trinajstić information content (AvgIpc) is 2.90. The zero-order valence-electron chi connectivity index (χ0n) is 20.2. The molecule has 0 saturated carbocycles. The van der Waals surface area contributed by atoms with Gasteiger partial charge in [-0.05, 0) is 79.0 Å². The van der Waals surface area contributed by atoms with Crippen LogP contribution in [0, 0.1) is 59.8 Å². The van der Waals surface area contributed by atoms with E-state index in [0.717, 1.165) is 0 Å². The zero-order valence-corrected chi connectivity index (χ0v) is 21.8. The van der Waals surface area contributed by atoms with Gasteiger partial charge in [-0.2, -0.15) is 10.5 Å². The Morgan fingerprint density at radius 3 is 1.58 bits per heavy atom. The Hall–Kier alpha value is -3.96. The van der Waals surface area contributed by atoms with Gasteiger partial charge in [0.05, 0.1) is 23.3 Å². The first-order valence-corrected chi connectivity index (χ1v) is 11.7. The SMILES string of the molecule is Cc1c(F)cc(-c2cccc(C#N)c2)cc1F.Cc1c(F)cc(Br)cc1F.N#Cc1cccc(B(O)O)c1. The van der Waals surface area contributed by atoms with Crippen LogP contribution in [0.3, 0.4) is 0 Å². The van der Waals surface area contributed by atoms with E-state index in [1.165, 1.54) is 44.2 Å². The Labute approximate surface area is 226 Å². The number of halogens is 5. The smallest absolute Gasteiger partial charge is 0.423 e. The summed E-state index contributed by atoms with van der Waals surface area (Å²) in [6.07, 6.45) is 0. The van der Waals surface area contributed by atoms with E-state index in [4.69, 9.17) is 20.6 Å². The lowest BCUT2D eigenvalue weighted by Crippen LogP contribution is -2.29. The zero-order chi connectivity index (χ0) is 28.4. The number of hydrogen-bond acceptors (Lipinski definition) is 4. The van der Waals surface area contributed by atoms with Crippen molar-refractivity contribution in [2.45, 2.75) is 13.8 Å². The van der Waals surface area contributed by atoms with Crippen LogP contribution in [-0.4, -0.2) is 17.2 Å². The van der Waals surface area contributed by atoms with Crippen LogP contribution in [0.4, 0.5) is 17.6 Å². The van der Waals surface area contributed by atoms with Gasteiger partial charge in [-0.15, -0.1) is 0 Å². The van der Waals surface area contributed by atoms with Gasteiger partial charge in [0.15, 0.2) is 0 Å². The van der Waals surface area contributed by atoms with Crippen LogP contribution < -0.4 is 5.46 Å². The summed E-state index contributed by atoms with van der Waals surface area (Å²) in [5.41, 5.74) is 2.35. The Morgan fingerprint density at radius 2 is 1.11 bits per heavy atom. The molecular weight excluding hydrogens is 563 g/mol. The van der Waals surface area contributed by atoms with Gasteiger partial charge in [-0.25, -0.2) is 17.6 Å². The lowest BCUT2D eigenvalue weighted by Gasteiger charge is -2.05. The van der Waals surface area contributed by atoms with Crippen molar-refractivity contribution < 1.29 is 27.6 Å². The summed E-state index contributed by atoms with van der Waals surface area (Å²) in [6, 6.07) is 21.7. The molecular formula is C28H20BBrF4N2O2. The van der Waals surface area contributed by atoms with E-state index >= 15 is 0 Å². The molecule has 0 aromatic heterocycles. The molecule has 4 aromatic rings. The van der Waals surface area contributed by atoms with E-state index in [-0.39, 0.29) is 11.1 Å². The highest BCUT2D eigenvalue weighted by Crippen LogP contribution is 2.24. The molecule has 0 spiro atoms. The third-order valence-electron chi connectivity index (χ3n) is 5.17.